The van der Waals surface area contributed by atoms with Crippen LogP contribution in [0.4, 0.5) is 0 Å². The van der Waals surface area contributed by atoms with Crippen LogP contribution in [0.3, 0.4) is 0 Å². The first-order valence-corrected chi connectivity index (χ1v) is 9.48. The van der Waals surface area contributed by atoms with E-state index in [1.165, 1.54) is 21.0 Å². The molecule has 2 aliphatic heterocycles. The Morgan fingerprint density at radius 1 is 1.13 bits per heavy atom. The summed E-state index contributed by atoms with van der Waals surface area (Å²) >= 11 is 0. The fourth-order valence-electron chi connectivity index (χ4n) is 4.06. The second kappa shape index (κ2) is 8.74. The van der Waals surface area contributed by atoms with E-state index >= 15 is 0 Å². The van der Waals surface area contributed by atoms with Crippen molar-refractivity contribution in [2.24, 2.45) is 5.92 Å². The molecule has 3 rings (SSSR count). The van der Waals surface area contributed by atoms with Crippen molar-refractivity contribution >= 4 is 5.97 Å². The van der Waals surface area contributed by atoms with Gasteiger partial charge in [0, 0.05) is 20.5 Å². The van der Waals surface area contributed by atoms with Crippen LogP contribution in [0.5, 0.6) is 0 Å². The van der Waals surface area contributed by atoms with Crippen molar-refractivity contribution in [3.8, 4) is 0 Å². The second-order valence-corrected chi connectivity index (χ2v) is 7.81. The fraction of sp³-hybridized carbons (Fsp3) is 0.833. The van der Waals surface area contributed by atoms with Crippen LogP contribution in [0, 0.1) is 5.92 Å². The van der Waals surface area contributed by atoms with E-state index in [4.69, 9.17) is 23.7 Å². The molecule has 172 valence electrons. The molecule has 10 atom stereocenters. The number of fused-ring (bicyclic) bond motifs is 1. The third-order valence-electron chi connectivity index (χ3n) is 5.74. The number of carbonyl (C=O) groups excluding carboxylic acids is 1. The lowest BCUT2D eigenvalue weighted by molar-refractivity contribution is -0.367. The molecule has 0 amide bonds. The summed E-state index contributed by atoms with van der Waals surface area (Å²) in [7, 11) is 1.28. The van der Waals surface area contributed by atoms with Crippen molar-refractivity contribution in [1.82, 2.24) is 0 Å². The summed E-state index contributed by atoms with van der Waals surface area (Å²) in [6.07, 6.45) is -11.6. The molecule has 1 saturated carbocycles. The third kappa shape index (κ3) is 4.00. The Morgan fingerprint density at radius 3 is 2.37 bits per heavy atom. The molecule has 0 aromatic heterocycles. The first-order valence-electron chi connectivity index (χ1n) is 9.48. The molecule has 1 saturated heterocycles. The summed E-state index contributed by atoms with van der Waals surface area (Å²) < 4.78 is 27.1. The van der Waals surface area contributed by atoms with Crippen LogP contribution in [0.2, 0.25) is 0 Å². The van der Waals surface area contributed by atoms with Gasteiger partial charge in [-0.05, 0) is 12.5 Å². The normalized spacial score (nSPS) is 46.6. The smallest absolute Gasteiger partial charge is 0.307 e. The third-order valence-corrected chi connectivity index (χ3v) is 5.74. The highest BCUT2D eigenvalue weighted by atomic mass is 16.8. The van der Waals surface area contributed by atoms with Crippen molar-refractivity contribution in [2.45, 2.75) is 75.3 Å². The number of ether oxygens (including phenoxy) is 5. The highest BCUT2D eigenvalue weighted by Gasteiger charge is 2.58. The molecule has 0 bridgehead atoms. The molecular formula is C18H28O12. The van der Waals surface area contributed by atoms with Crippen LogP contribution < -0.4 is 0 Å². The second-order valence-electron chi connectivity index (χ2n) is 7.81. The summed E-state index contributed by atoms with van der Waals surface area (Å²) in [6, 6.07) is 0. The first kappa shape index (κ1) is 23.5. The van der Waals surface area contributed by atoms with Gasteiger partial charge in [0.05, 0.1) is 24.2 Å². The van der Waals surface area contributed by atoms with Gasteiger partial charge in [-0.2, -0.15) is 0 Å². The van der Waals surface area contributed by atoms with E-state index < -0.39 is 73.5 Å². The van der Waals surface area contributed by atoms with Gasteiger partial charge in [0.1, 0.15) is 24.4 Å². The minimum absolute atomic E-state index is 0.0134. The topological polar surface area (TPSA) is 185 Å². The molecule has 3 aliphatic rings. The van der Waals surface area contributed by atoms with Crippen molar-refractivity contribution in [3.63, 3.8) is 0 Å². The molecular weight excluding hydrogens is 408 g/mol. The van der Waals surface area contributed by atoms with E-state index in [-0.39, 0.29) is 12.2 Å². The number of rotatable bonds is 5. The van der Waals surface area contributed by atoms with Crippen LogP contribution in [-0.4, -0.2) is 105 Å². The van der Waals surface area contributed by atoms with Gasteiger partial charge in [0.15, 0.2) is 18.3 Å². The molecule has 30 heavy (non-hydrogen) atoms. The number of methoxy groups -OCH3 is 1. The average molecular weight is 436 g/mol. The Kier molecular flexibility index (Phi) is 6.84. The number of aliphatic hydroxyl groups is 6. The number of hydrogen-bond donors (Lipinski definition) is 6. The maximum absolute atomic E-state index is 11.5. The van der Waals surface area contributed by atoms with Gasteiger partial charge >= 0.3 is 5.97 Å². The lowest BCUT2D eigenvalue weighted by Gasteiger charge is -2.44. The SMILES string of the molecule is COC1OC(OC2OC(CO)C(O)C(O)C2O)C2C(=C1OC(C)=O)CC(O)C2(C)O. The largest absolute Gasteiger partial charge is 0.426 e. The van der Waals surface area contributed by atoms with E-state index in [9.17, 15) is 35.4 Å². The lowest BCUT2D eigenvalue weighted by atomic mass is 9.87. The molecule has 1 aliphatic carbocycles. The average Bonchev–Trinajstić information content (AvgIpc) is 2.93. The van der Waals surface area contributed by atoms with E-state index in [1.54, 1.807) is 0 Å². The van der Waals surface area contributed by atoms with Crippen LogP contribution >= 0.6 is 0 Å². The zero-order chi connectivity index (χ0) is 22.4. The molecule has 10 unspecified atom stereocenters. The first-order chi connectivity index (χ1) is 14.0. The van der Waals surface area contributed by atoms with Crippen LogP contribution in [0.25, 0.3) is 0 Å². The predicted octanol–water partition coefficient (Wildman–Crippen LogP) is -2.92. The van der Waals surface area contributed by atoms with E-state index in [1.807, 2.05) is 0 Å². The summed E-state index contributed by atoms with van der Waals surface area (Å²) in [5.74, 6) is -1.71. The van der Waals surface area contributed by atoms with E-state index in [2.05, 4.69) is 0 Å². The van der Waals surface area contributed by atoms with E-state index in [0.29, 0.717) is 5.57 Å². The Hall–Kier alpha value is -1.19. The van der Waals surface area contributed by atoms with Crippen molar-refractivity contribution < 1.29 is 59.1 Å². The summed E-state index contributed by atoms with van der Waals surface area (Å²) in [4.78, 5) is 11.5. The maximum Gasteiger partial charge on any atom is 0.307 e. The van der Waals surface area contributed by atoms with Crippen molar-refractivity contribution in [3.05, 3.63) is 11.3 Å². The Labute approximate surface area is 172 Å². The van der Waals surface area contributed by atoms with Gasteiger partial charge < -0.3 is 54.3 Å². The standard InChI is InChI=1S/C18H28O12/c1-6(20)27-14-7-4-9(21)18(2,25)10(7)15(30-17(14)26-3)29-16-13(24)12(23)11(22)8(5-19)28-16/h8-13,15-17,19,21-25H,4-5H2,1-3H3. The number of aliphatic hydroxyl groups excluding tert-OH is 5. The minimum Gasteiger partial charge on any atom is -0.426 e. The summed E-state index contributed by atoms with van der Waals surface area (Å²) in [6.45, 7) is 1.87. The van der Waals surface area contributed by atoms with Gasteiger partial charge in [-0.3, -0.25) is 4.79 Å². The van der Waals surface area contributed by atoms with Crippen LogP contribution in [0.1, 0.15) is 20.3 Å². The van der Waals surface area contributed by atoms with Gasteiger partial charge in [0.2, 0.25) is 6.29 Å². The van der Waals surface area contributed by atoms with Crippen molar-refractivity contribution in [2.75, 3.05) is 13.7 Å². The highest BCUT2D eigenvalue weighted by Crippen LogP contribution is 2.49. The molecule has 6 N–H and O–H groups in total. The van der Waals surface area contributed by atoms with Crippen molar-refractivity contribution in [1.29, 1.82) is 0 Å². The zero-order valence-corrected chi connectivity index (χ0v) is 16.7. The van der Waals surface area contributed by atoms with Crippen LogP contribution in [0.15, 0.2) is 11.3 Å². The van der Waals surface area contributed by atoms with E-state index in [0.717, 1.165) is 0 Å². The number of carbonyl (C=O) groups is 1. The molecule has 2 fully saturated rings. The Morgan fingerprint density at radius 2 is 1.80 bits per heavy atom. The molecule has 0 aromatic carbocycles. The molecule has 0 spiro atoms. The Bertz CT molecular complexity index is 676. The summed E-state index contributed by atoms with van der Waals surface area (Å²) in [5.41, 5.74) is -1.44. The predicted molar refractivity (Wildman–Crippen MR) is 94.1 cm³/mol. The minimum atomic E-state index is -1.77. The zero-order valence-electron chi connectivity index (χ0n) is 16.7. The van der Waals surface area contributed by atoms with Gasteiger partial charge in [-0.1, -0.05) is 0 Å². The molecule has 2 heterocycles. The lowest BCUT2D eigenvalue weighted by Crippen LogP contribution is -2.61. The van der Waals surface area contributed by atoms with Gasteiger partial charge in [-0.15, -0.1) is 0 Å². The summed E-state index contributed by atoms with van der Waals surface area (Å²) in [5, 5.41) is 60.7. The molecule has 12 heteroatoms. The molecule has 0 radical (unpaired) electrons. The monoisotopic (exact) mass is 436 g/mol. The Balaban J connectivity index is 1.93. The molecule has 0 aromatic rings. The number of hydrogen-bond acceptors (Lipinski definition) is 12. The highest BCUT2D eigenvalue weighted by molar-refractivity contribution is 5.67. The quantitative estimate of drug-likeness (QED) is 0.242. The maximum atomic E-state index is 11.5. The molecule has 12 nitrogen and oxygen atoms in total. The number of esters is 1. The van der Waals surface area contributed by atoms with Gasteiger partial charge in [-0.25, -0.2) is 0 Å². The van der Waals surface area contributed by atoms with Gasteiger partial charge in [0.25, 0.3) is 0 Å². The fourth-order valence-corrected chi connectivity index (χ4v) is 4.06. The van der Waals surface area contributed by atoms with Crippen LogP contribution in [-0.2, 0) is 28.5 Å².